The van der Waals surface area contributed by atoms with Crippen LogP contribution in [0.15, 0.2) is 60.8 Å². The summed E-state index contributed by atoms with van der Waals surface area (Å²) in [5.41, 5.74) is 3.31. The molecule has 5 nitrogen and oxygen atoms in total. The van der Waals surface area contributed by atoms with Gasteiger partial charge in [0.2, 0.25) is 0 Å². The summed E-state index contributed by atoms with van der Waals surface area (Å²) in [6.07, 6.45) is 1.80. The molecule has 0 N–H and O–H groups in total. The van der Waals surface area contributed by atoms with Gasteiger partial charge in [0.25, 0.3) is 5.91 Å². The molecular formula is C23H18Cl2N4O. The van der Waals surface area contributed by atoms with E-state index in [0.29, 0.717) is 28.8 Å². The molecule has 2 aromatic heterocycles. The van der Waals surface area contributed by atoms with Crippen LogP contribution in [-0.4, -0.2) is 47.0 Å². The Labute approximate surface area is 183 Å². The third-order valence-corrected chi connectivity index (χ3v) is 5.93. The molecule has 0 radical (unpaired) electrons. The molecule has 1 fully saturated rings. The molecule has 150 valence electrons. The largest absolute Gasteiger partial charge is 0.367 e. The van der Waals surface area contributed by atoms with Gasteiger partial charge in [0, 0.05) is 53.9 Å². The lowest BCUT2D eigenvalue weighted by Gasteiger charge is -2.36. The summed E-state index contributed by atoms with van der Waals surface area (Å²) in [5, 5.41) is 2.89. The van der Waals surface area contributed by atoms with E-state index in [1.54, 1.807) is 12.3 Å². The van der Waals surface area contributed by atoms with E-state index >= 15 is 0 Å². The number of benzene rings is 2. The first-order valence-corrected chi connectivity index (χ1v) is 10.5. The van der Waals surface area contributed by atoms with E-state index in [4.69, 9.17) is 23.2 Å². The summed E-state index contributed by atoms with van der Waals surface area (Å²) < 4.78 is 0. The van der Waals surface area contributed by atoms with Gasteiger partial charge in [0.1, 0.15) is 5.15 Å². The number of carbonyl (C=O) groups excluding carboxylic acids is 1. The van der Waals surface area contributed by atoms with Crippen molar-refractivity contribution in [3.63, 3.8) is 0 Å². The van der Waals surface area contributed by atoms with Gasteiger partial charge in [-0.1, -0.05) is 41.4 Å². The Morgan fingerprint density at radius 1 is 0.867 bits per heavy atom. The van der Waals surface area contributed by atoms with Crippen molar-refractivity contribution < 1.29 is 4.79 Å². The average Bonchev–Trinajstić information content (AvgIpc) is 2.77. The smallest absolute Gasteiger partial charge is 0.254 e. The lowest BCUT2D eigenvalue weighted by molar-refractivity contribution is 0.0749. The molecule has 4 aromatic rings. The highest BCUT2D eigenvalue weighted by atomic mass is 35.5. The molecule has 0 atom stereocenters. The van der Waals surface area contributed by atoms with Gasteiger partial charge in [0.05, 0.1) is 16.6 Å². The van der Waals surface area contributed by atoms with Crippen LogP contribution in [0.25, 0.3) is 21.8 Å². The maximum atomic E-state index is 13.3. The van der Waals surface area contributed by atoms with E-state index in [0.717, 1.165) is 40.6 Å². The first-order chi connectivity index (χ1) is 14.6. The number of hydrogen-bond donors (Lipinski definition) is 0. The normalized spacial score (nSPS) is 14.5. The van der Waals surface area contributed by atoms with Crippen LogP contribution in [0, 0.1) is 0 Å². The molecule has 30 heavy (non-hydrogen) atoms. The molecule has 1 aliphatic rings. The third-order valence-electron chi connectivity index (χ3n) is 5.50. The van der Waals surface area contributed by atoms with Crippen molar-refractivity contribution in [3.05, 3.63) is 76.5 Å². The Morgan fingerprint density at radius 2 is 1.67 bits per heavy atom. The number of carbonyl (C=O) groups is 1. The maximum absolute atomic E-state index is 13.3. The van der Waals surface area contributed by atoms with Gasteiger partial charge in [-0.05, 0) is 36.4 Å². The second-order valence-electron chi connectivity index (χ2n) is 7.28. The van der Waals surface area contributed by atoms with E-state index < -0.39 is 0 Å². The molecule has 7 heteroatoms. The van der Waals surface area contributed by atoms with Crippen LogP contribution >= 0.6 is 23.2 Å². The highest BCUT2D eigenvalue weighted by Gasteiger charge is 2.25. The molecule has 0 saturated carbocycles. The molecule has 0 bridgehead atoms. The van der Waals surface area contributed by atoms with Gasteiger partial charge in [-0.15, -0.1) is 0 Å². The second-order valence-corrected chi connectivity index (χ2v) is 8.10. The molecule has 3 heterocycles. The van der Waals surface area contributed by atoms with Crippen LogP contribution in [0.1, 0.15) is 10.4 Å². The van der Waals surface area contributed by atoms with E-state index in [1.807, 2.05) is 53.4 Å². The van der Waals surface area contributed by atoms with E-state index in [9.17, 15) is 4.79 Å². The SMILES string of the molecule is O=C(c1cc(Cl)nc2ccccc12)N1CCN(c2ccnc3cc(Cl)ccc23)CC1. The van der Waals surface area contributed by atoms with Crippen molar-refractivity contribution in [1.82, 2.24) is 14.9 Å². The predicted molar refractivity (Wildman–Crippen MR) is 122 cm³/mol. The molecule has 0 spiro atoms. The number of fused-ring (bicyclic) bond motifs is 2. The Bertz CT molecular complexity index is 1270. The number of aromatic nitrogens is 2. The monoisotopic (exact) mass is 436 g/mol. The molecule has 5 rings (SSSR count). The van der Waals surface area contributed by atoms with Crippen LogP contribution in [0.3, 0.4) is 0 Å². The van der Waals surface area contributed by atoms with Gasteiger partial charge in [-0.2, -0.15) is 0 Å². The van der Waals surface area contributed by atoms with Gasteiger partial charge >= 0.3 is 0 Å². The number of nitrogens with zero attached hydrogens (tertiary/aromatic N) is 4. The van der Waals surface area contributed by atoms with Crippen molar-refractivity contribution in [3.8, 4) is 0 Å². The van der Waals surface area contributed by atoms with Crippen molar-refractivity contribution in [2.45, 2.75) is 0 Å². The van der Waals surface area contributed by atoms with Crippen LogP contribution in [-0.2, 0) is 0 Å². The van der Waals surface area contributed by atoms with E-state index in [-0.39, 0.29) is 5.91 Å². The van der Waals surface area contributed by atoms with Crippen LogP contribution < -0.4 is 4.90 Å². The molecular weight excluding hydrogens is 419 g/mol. The number of halogens is 2. The second kappa shape index (κ2) is 7.74. The number of hydrogen-bond acceptors (Lipinski definition) is 4. The maximum Gasteiger partial charge on any atom is 0.254 e. The fourth-order valence-electron chi connectivity index (χ4n) is 4.02. The number of piperazine rings is 1. The van der Waals surface area contributed by atoms with Gasteiger partial charge in [-0.3, -0.25) is 9.78 Å². The molecule has 0 aliphatic carbocycles. The number of anilines is 1. The zero-order valence-corrected chi connectivity index (χ0v) is 17.6. The van der Waals surface area contributed by atoms with Crippen molar-refractivity contribution in [2.75, 3.05) is 31.1 Å². The number of amides is 1. The molecule has 0 unspecified atom stereocenters. The lowest BCUT2D eigenvalue weighted by atomic mass is 10.1. The predicted octanol–water partition coefficient (Wildman–Crippen LogP) is 5.05. The Morgan fingerprint density at radius 3 is 2.50 bits per heavy atom. The average molecular weight is 437 g/mol. The summed E-state index contributed by atoms with van der Waals surface area (Å²) in [7, 11) is 0. The third kappa shape index (κ3) is 3.44. The summed E-state index contributed by atoms with van der Waals surface area (Å²) >= 11 is 12.3. The summed E-state index contributed by atoms with van der Waals surface area (Å²) in [6, 6.07) is 17.0. The highest BCUT2D eigenvalue weighted by molar-refractivity contribution is 6.31. The van der Waals surface area contributed by atoms with Crippen LogP contribution in [0.5, 0.6) is 0 Å². The van der Waals surface area contributed by atoms with Crippen LogP contribution in [0.2, 0.25) is 10.2 Å². The number of para-hydroxylation sites is 1. The lowest BCUT2D eigenvalue weighted by Crippen LogP contribution is -2.48. The minimum Gasteiger partial charge on any atom is -0.367 e. The molecule has 1 aliphatic heterocycles. The standard InChI is InChI=1S/C23H18Cl2N4O/c24-15-5-6-17-20(13-15)26-8-7-21(17)28-9-11-29(12-10-28)23(30)18-14-22(25)27-19-4-2-1-3-16(18)19/h1-8,13-14H,9-12H2. The molecule has 2 aromatic carbocycles. The Hall–Kier alpha value is -2.89. The molecule has 1 saturated heterocycles. The quantitative estimate of drug-likeness (QED) is 0.412. The van der Waals surface area contributed by atoms with Gasteiger partial charge in [0.15, 0.2) is 0 Å². The van der Waals surface area contributed by atoms with E-state index in [2.05, 4.69) is 14.9 Å². The first-order valence-electron chi connectivity index (χ1n) is 9.74. The summed E-state index contributed by atoms with van der Waals surface area (Å²) in [6.45, 7) is 2.74. The minimum atomic E-state index is -0.0125. The van der Waals surface area contributed by atoms with Crippen molar-refractivity contribution >= 4 is 56.6 Å². The fourth-order valence-corrected chi connectivity index (χ4v) is 4.39. The van der Waals surface area contributed by atoms with Crippen molar-refractivity contribution in [1.29, 1.82) is 0 Å². The fraction of sp³-hybridized carbons (Fsp3) is 0.174. The minimum absolute atomic E-state index is 0.0125. The topological polar surface area (TPSA) is 49.3 Å². The number of pyridine rings is 2. The van der Waals surface area contributed by atoms with Crippen LogP contribution in [0.4, 0.5) is 5.69 Å². The summed E-state index contributed by atoms with van der Waals surface area (Å²) in [5.74, 6) is -0.0125. The summed E-state index contributed by atoms with van der Waals surface area (Å²) in [4.78, 5) is 26.2. The zero-order chi connectivity index (χ0) is 20.7. The van der Waals surface area contributed by atoms with Gasteiger partial charge in [-0.25, -0.2) is 4.98 Å². The number of rotatable bonds is 2. The zero-order valence-electron chi connectivity index (χ0n) is 16.1. The van der Waals surface area contributed by atoms with Gasteiger partial charge < -0.3 is 9.80 Å². The van der Waals surface area contributed by atoms with Crippen molar-refractivity contribution in [2.24, 2.45) is 0 Å². The van der Waals surface area contributed by atoms with E-state index in [1.165, 1.54) is 0 Å². The Balaban J connectivity index is 1.39. The highest BCUT2D eigenvalue weighted by Crippen LogP contribution is 2.29. The Kier molecular flexibility index (Phi) is 4.93. The first kappa shape index (κ1) is 19.1. The molecule has 1 amide bonds.